The second kappa shape index (κ2) is 12.1. The monoisotopic (exact) mass is 766 g/mol. The second-order valence-electron chi connectivity index (χ2n) is 18.0. The van der Waals surface area contributed by atoms with E-state index in [9.17, 15) is 0 Å². The van der Waals surface area contributed by atoms with E-state index in [0.29, 0.717) is 0 Å². The quantitative estimate of drug-likeness (QED) is 0.162. The number of aryl methyl sites for hydroxylation is 5. The highest BCUT2D eigenvalue weighted by Gasteiger charge is 2.46. The summed E-state index contributed by atoms with van der Waals surface area (Å²) in [6.45, 7) is 11.4. The minimum atomic E-state index is 0.0324. The van der Waals surface area contributed by atoms with Gasteiger partial charge in [-0.3, -0.25) is 0 Å². The van der Waals surface area contributed by atoms with Crippen LogP contribution in [0, 0.1) is 34.6 Å². The molecule has 60 heavy (non-hydrogen) atoms. The van der Waals surface area contributed by atoms with Gasteiger partial charge in [0.1, 0.15) is 0 Å². The molecule has 0 fully saturated rings. The van der Waals surface area contributed by atoms with Gasteiger partial charge in [-0.1, -0.05) is 155 Å². The average Bonchev–Trinajstić information content (AvgIpc) is 3.80. The lowest BCUT2D eigenvalue weighted by molar-refractivity contribution is 1.14. The van der Waals surface area contributed by atoms with Crippen molar-refractivity contribution in [1.29, 1.82) is 0 Å². The van der Waals surface area contributed by atoms with Crippen molar-refractivity contribution >= 4 is 78.8 Å². The van der Waals surface area contributed by atoms with Crippen LogP contribution in [-0.4, -0.2) is 6.71 Å². The molecule has 13 rings (SSSR count). The third-order valence-corrected chi connectivity index (χ3v) is 14.2. The van der Waals surface area contributed by atoms with Crippen molar-refractivity contribution in [3.05, 3.63) is 196 Å². The van der Waals surface area contributed by atoms with Gasteiger partial charge in [-0.15, -0.1) is 0 Å². The van der Waals surface area contributed by atoms with E-state index in [0.717, 1.165) is 12.8 Å². The molecule has 2 aliphatic carbocycles. The molecule has 0 bridgehead atoms. The van der Waals surface area contributed by atoms with Crippen LogP contribution in [0.25, 0.3) is 43.8 Å². The molecule has 2 nitrogen and oxygen atoms in total. The molecule has 0 N–H and O–H groups in total. The minimum absolute atomic E-state index is 0.0324. The first kappa shape index (κ1) is 34.1. The Hall–Kier alpha value is -6.84. The predicted molar refractivity (Wildman–Crippen MR) is 256 cm³/mol. The molecular formula is C57H43BN2. The fourth-order valence-electron chi connectivity index (χ4n) is 11.9. The zero-order valence-electron chi connectivity index (χ0n) is 34.7. The first-order valence-electron chi connectivity index (χ1n) is 21.5. The highest BCUT2D eigenvalue weighted by Crippen LogP contribution is 2.59. The fraction of sp³-hybridized carbons (Fsp3) is 0.123. The molecule has 0 saturated heterocycles. The highest BCUT2D eigenvalue weighted by atomic mass is 15.3. The Morgan fingerprint density at radius 2 is 0.983 bits per heavy atom. The zero-order valence-corrected chi connectivity index (χ0v) is 34.7. The average molecular weight is 767 g/mol. The summed E-state index contributed by atoms with van der Waals surface area (Å²) in [6, 6.07) is 56.4. The van der Waals surface area contributed by atoms with Gasteiger partial charge in [-0.25, -0.2) is 0 Å². The number of anilines is 6. The molecule has 4 aliphatic rings. The standard InChI is InChI=1S/C57H43BN2/c1-32-17-19-42-40(25-32)27-47-45(42)15-10-16-50(47)59-51-29-37-11-6-7-12-38(37)30-52(51)60-56-48-28-41-26-33(2)18-20-43(41)46(48)21-22-49(56)58(54-35(4)23-34(3)24-36(54)5)55-44-14-9-8-13-39(44)31-53(59)57(55)60/h6-26,29-31H,27-28H2,1-5H3. The first-order chi connectivity index (χ1) is 29.3. The number of benzene rings is 9. The maximum absolute atomic E-state index is 2.72. The Kier molecular flexibility index (Phi) is 6.88. The Morgan fingerprint density at radius 3 is 1.68 bits per heavy atom. The van der Waals surface area contributed by atoms with Crippen molar-refractivity contribution < 1.29 is 0 Å². The van der Waals surface area contributed by atoms with E-state index in [2.05, 4.69) is 190 Å². The molecule has 9 aromatic carbocycles. The maximum atomic E-state index is 2.72. The van der Waals surface area contributed by atoms with Crippen LogP contribution in [0.4, 0.5) is 34.1 Å². The van der Waals surface area contributed by atoms with E-state index in [-0.39, 0.29) is 6.71 Å². The summed E-state index contributed by atoms with van der Waals surface area (Å²) in [5, 5.41) is 5.09. The van der Waals surface area contributed by atoms with Crippen molar-refractivity contribution in [3.8, 4) is 22.3 Å². The van der Waals surface area contributed by atoms with E-state index in [1.165, 1.54) is 144 Å². The van der Waals surface area contributed by atoms with Crippen LogP contribution in [0.1, 0.15) is 50.1 Å². The third kappa shape index (κ3) is 4.55. The molecule has 3 heteroatoms. The second-order valence-corrected chi connectivity index (χ2v) is 18.0. The lowest BCUT2D eigenvalue weighted by atomic mass is 9.33. The van der Waals surface area contributed by atoms with Gasteiger partial charge in [0.25, 0.3) is 0 Å². The van der Waals surface area contributed by atoms with Crippen LogP contribution in [0.3, 0.4) is 0 Å². The van der Waals surface area contributed by atoms with E-state index >= 15 is 0 Å². The Balaban J connectivity index is 1.20. The summed E-state index contributed by atoms with van der Waals surface area (Å²) < 4.78 is 0. The topological polar surface area (TPSA) is 6.48 Å². The van der Waals surface area contributed by atoms with E-state index in [4.69, 9.17) is 0 Å². The maximum Gasteiger partial charge on any atom is 0.248 e. The van der Waals surface area contributed by atoms with Crippen molar-refractivity contribution in [1.82, 2.24) is 0 Å². The summed E-state index contributed by atoms with van der Waals surface area (Å²) in [7, 11) is 0. The first-order valence-corrected chi connectivity index (χ1v) is 21.5. The van der Waals surface area contributed by atoms with Crippen molar-refractivity contribution in [2.24, 2.45) is 0 Å². The molecule has 284 valence electrons. The van der Waals surface area contributed by atoms with E-state index < -0.39 is 0 Å². The van der Waals surface area contributed by atoms with Crippen molar-refractivity contribution in [3.63, 3.8) is 0 Å². The SMILES string of the molecule is Cc1cc(C)c(B2c3ccc4c(c3N3c5cc6ccccc6cc5N(c5cccc6c5Cc5cc(C)ccc5-6)c5cc6ccccc6c2c53)Cc2cc(C)ccc2-4)c(C)c1. The molecule has 2 heterocycles. The van der Waals surface area contributed by atoms with Gasteiger partial charge >= 0.3 is 0 Å². The van der Waals surface area contributed by atoms with E-state index in [1.807, 2.05) is 0 Å². The number of rotatable bonds is 2. The number of hydrogen-bond acceptors (Lipinski definition) is 2. The molecule has 0 unspecified atom stereocenters. The van der Waals surface area contributed by atoms with Crippen LogP contribution >= 0.6 is 0 Å². The predicted octanol–water partition coefficient (Wildman–Crippen LogP) is 12.8. The minimum Gasteiger partial charge on any atom is -0.307 e. The van der Waals surface area contributed by atoms with Gasteiger partial charge in [0.2, 0.25) is 6.71 Å². The third-order valence-electron chi connectivity index (χ3n) is 14.2. The molecule has 0 spiro atoms. The molecule has 0 aromatic heterocycles. The summed E-state index contributed by atoms with van der Waals surface area (Å²) in [6.07, 6.45) is 1.83. The van der Waals surface area contributed by atoms with Crippen LogP contribution in [-0.2, 0) is 12.8 Å². The normalized spacial score (nSPS) is 13.8. The van der Waals surface area contributed by atoms with Gasteiger partial charge in [0.05, 0.1) is 28.4 Å². The number of fused-ring (bicyclic) bond motifs is 14. The number of hydrogen-bond donors (Lipinski definition) is 0. The summed E-state index contributed by atoms with van der Waals surface area (Å²) >= 11 is 0. The van der Waals surface area contributed by atoms with Gasteiger partial charge < -0.3 is 9.80 Å². The van der Waals surface area contributed by atoms with Crippen molar-refractivity contribution in [2.75, 3.05) is 9.80 Å². The number of nitrogens with zero attached hydrogens (tertiary/aromatic N) is 2. The molecular weight excluding hydrogens is 723 g/mol. The smallest absolute Gasteiger partial charge is 0.248 e. The largest absolute Gasteiger partial charge is 0.307 e. The van der Waals surface area contributed by atoms with Crippen LogP contribution in [0.5, 0.6) is 0 Å². The Morgan fingerprint density at radius 1 is 0.400 bits per heavy atom. The molecule has 0 amide bonds. The highest BCUT2D eigenvalue weighted by molar-refractivity contribution is 7.00. The van der Waals surface area contributed by atoms with E-state index in [1.54, 1.807) is 0 Å². The fourth-order valence-corrected chi connectivity index (χ4v) is 11.9. The van der Waals surface area contributed by atoms with Gasteiger partial charge in [-0.2, -0.15) is 0 Å². The van der Waals surface area contributed by atoms with Crippen LogP contribution < -0.4 is 26.2 Å². The van der Waals surface area contributed by atoms with Gasteiger partial charge in [-0.05, 0) is 136 Å². The molecule has 9 aromatic rings. The molecule has 0 saturated carbocycles. The Bertz CT molecular complexity index is 3390. The van der Waals surface area contributed by atoms with Crippen LogP contribution in [0.15, 0.2) is 146 Å². The molecule has 0 radical (unpaired) electrons. The lowest BCUT2D eigenvalue weighted by Crippen LogP contribution is -2.60. The summed E-state index contributed by atoms with van der Waals surface area (Å²) in [5.41, 5.74) is 29.6. The molecule has 0 atom stereocenters. The van der Waals surface area contributed by atoms with Crippen molar-refractivity contribution in [2.45, 2.75) is 47.5 Å². The zero-order chi connectivity index (χ0) is 40.1. The van der Waals surface area contributed by atoms with Gasteiger partial charge in [0.15, 0.2) is 0 Å². The van der Waals surface area contributed by atoms with Gasteiger partial charge in [0, 0.05) is 18.5 Å². The summed E-state index contributed by atoms with van der Waals surface area (Å²) in [4.78, 5) is 5.37. The molecule has 2 aliphatic heterocycles. The van der Waals surface area contributed by atoms with Crippen LogP contribution in [0.2, 0.25) is 0 Å². The lowest BCUT2D eigenvalue weighted by Gasteiger charge is -2.47. The summed E-state index contributed by atoms with van der Waals surface area (Å²) in [5.74, 6) is 0. The Labute approximate surface area is 352 Å².